The SMILES string of the molecule is CC(C)NC(=O)CN(C)Cc1ccc(C#CCCO)cc1. The van der Waals surface area contributed by atoms with Crippen molar-refractivity contribution < 1.29 is 9.90 Å². The molecule has 1 aromatic rings. The van der Waals surface area contributed by atoms with Gasteiger partial charge < -0.3 is 10.4 Å². The number of aliphatic hydroxyl groups is 1. The monoisotopic (exact) mass is 288 g/mol. The van der Waals surface area contributed by atoms with Crippen LogP contribution in [0.4, 0.5) is 0 Å². The summed E-state index contributed by atoms with van der Waals surface area (Å²) in [7, 11) is 1.93. The number of likely N-dealkylation sites (N-methyl/N-ethyl adjacent to an activating group) is 1. The number of carbonyl (C=O) groups is 1. The highest BCUT2D eigenvalue weighted by Gasteiger charge is 2.07. The van der Waals surface area contributed by atoms with Gasteiger partial charge in [-0.2, -0.15) is 0 Å². The predicted molar refractivity (Wildman–Crippen MR) is 84.6 cm³/mol. The summed E-state index contributed by atoms with van der Waals surface area (Å²) >= 11 is 0. The molecule has 2 N–H and O–H groups in total. The molecule has 114 valence electrons. The van der Waals surface area contributed by atoms with Gasteiger partial charge in [0.15, 0.2) is 0 Å². The Kier molecular flexibility index (Phi) is 7.52. The quantitative estimate of drug-likeness (QED) is 0.778. The average molecular weight is 288 g/mol. The Morgan fingerprint density at radius 1 is 1.33 bits per heavy atom. The number of aliphatic hydroxyl groups excluding tert-OH is 1. The molecule has 0 unspecified atom stereocenters. The summed E-state index contributed by atoms with van der Waals surface area (Å²) in [5.74, 6) is 5.93. The van der Waals surface area contributed by atoms with Crippen LogP contribution in [0.3, 0.4) is 0 Å². The topological polar surface area (TPSA) is 52.6 Å². The maximum absolute atomic E-state index is 11.7. The minimum absolute atomic E-state index is 0.0407. The molecule has 0 atom stereocenters. The summed E-state index contributed by atoms with van der Waals surface area (Å²) in [5, 5.41) is 11.6. The molecule has 0 aliphatic heterocycles. The van der Waals surface area contributed by atoms with Crippen molar-refractivity contribution in [2.75, 3.05) is 20.2 Å². The van der Waals surface area contributed by atoms with Gasteiger partial charge in [-0.05, 0) is 38.6 Å². The highest BCUT2D eigenvalue weighted by atomic mass is 16.2. The number of hydrogen-bond acceptors (Lipinski definition) is 3. The number of benzene rings is 1. The zero-order valence-electron chi connectivity index (χ0n) is 13.0. The summed E-state index contributed by atoms with van der Waals surface area (Å²) in [5.41, 5.74) is 2.08. The highest BCUT2D eigenvalue weighted by Crippen LogP contribution is 2.06. The van der Waals surface area contributed by atoms with Gasteiger partial charge in [0.25, 0.3) is 0 Å². The van der Waals surface area contributed by atoms with Crippen LogP contribution in [0.5, 0.6) is 0 Å². The number of rotatable bonds is 6. The molecule has 0 aromatic heterocycles. The Morgan fingerprint density at radius 2 is 2.00 bits per heavy atom. The molecular weight excluding hydrogens is 264 g/mol. The number of nitrogens with zero attached hydrogens (tertiary/aromatic N) is 1. The van der Waals surface area contributed by atoms with Crippen LogP contribution in [0.1, 0.15) is 31.4 Å². The van der Waals surface area contributed by atoms with Crippen LogP contribution in [0.15, 0.2) is 24.3 Å². The fourth-order valence-corrected chi connectivity index (χ4v) is 1.89. The van der Waals surface area contributed by atoms with Crippen molar-refractivity contribution in [2.24, 2.45) is 0 Å². The van der Waals surface area contributed by atoms with Crippen LogP contribution in [0, 0.1) is 11.8 Å². The largest absolute Gasteiger partial charge is 0.395 e. The minimum atomic E-state index is 0.0407. The third-order valence-electron chi connectivity index (χ3n) is 2.74. The lowest BCUT2D eigenvalue weighted by molar-refractivity contribution is -0.122. The molecule has 0 radical (unpaired) electrons. The fraction of sp³-hybridized carbons (Fsp3) is 0.471. The van der Waals surface area contributed by atoms with E-state index in [1.54, 1.807) is 0 Å². The molecule has 1 amide bonds. The van der Waals surface area contributed by atoms with E-state index in [4.69, 9.17) is 5.11 Å². The van der Waals surface area contributed by atoms with Crippen molar-refractivity contribution in [1.82, 2.24) is 10.2 Å². The van der Waals surface area contributed by atoms with Gasteiger partial charge in [0.2, 0.25) is 5.91 Å². The first-order valence-corrected chi connectivity index (χ1v) is 7.18. The zero-order valence-corrected chi connectivity index (χ0v) is 13.0. The molecule has 0 saturated carbocycles. The van der Waals surface area contributed by atoms with Gasteiger partial charge in [-0.1, -0.05) is 24.0 Å². The Balaban J connectivity index is 2.48. The third-order valence-corrected chi connectivity index (χ3v) is 2.74. The standard InChI is InChI=1S/C17H24N2O2/c1-14(2)18-17(21)13-19(3)12-16-9-7-15(8-10-16)6-4-5-11-20/h7-10,14,20H,5,11-13H2,1-3H3,(H,18,21). The minimum Gasteiger partial charge on any atom is -0.395 e. The second kappa shape index (κ2) is 9.17. The van der Waals surface area contributed by atoms with Gasteiger partial charge in [-0.3, -0.25) is 9.69 Å². The lowest BCUT2D eigenvalue weighted by atomic mass is 10.1. The van der Waals surface area contributed by atoms with E-state index >= 15 is 0 Å². The Morgan fingerprint density at radius 3 is 2.57 bits per heavy atom. The van der Waals surface area contributed by atoms with Crippen molar-refractivity contribution in [2.45, 2.75) is 32.9 Å². The van der Waals surface area contributed by atoms with Gasteiger partial charge in [-0.25, -0.2) is 0 Å². The van der Waals surface area contributed by atoms with Crippen LogP contribution in [-0.2, 0) is 11.3 Å². The third kappa shape index (κ3) is 7.50. The molecule has 0 heterocycles. The fourth-order valence-electron chi connectivity index (χ4n) is 1.89. The summed E-state index contributed by atoms with van der Waals surface area (Å²) in [6, 6.07) is 8.12. The molecule has 1 aromatic carbocycles. The maximum Gasteiger partial charge on any atom is 0.234 e. The van der Waals surface area contributed by atoms with Crippen LogP contribution in [-0.4, -0.2) is 42.2 Å². The normalized spacial score (nSPS) is 10.4. The summed E-state index contributed by atoms with van der Waals surface area (Å²) in [6.07, 6.45) is 0.495. The molecule has 4 nitrogen and oxygen atoms in total. The molecule has 0 bridgehead atoms. The number of carbonyl (C=O) groups excluding carboxylic acids is 1. The lowest BCUT2D eigenvalue weighted by Crippen LogP contribution is -2.38. The highest BCUT2D eigenvalue weighted by molar-refractivity contribution is 5.78. The Hall–Kier alpha value is -1.83. The van der Waals surface area contributed by atoms with E-state index in [1.165, 1.54) is 0 Å². The molecular formula is C17H24N2O2. The van der Waals surface area contributed by atoms with Crippen LogP contribution in [0.2, 0.25) is 0 Å². The number of amides is 1. The van der Waals surface area contributed by atoms with Crippen LogP contribution >= 0.6 is 0 Å². The van der Waals surface area contributed by atoms with E-state index in [0.717, 1.165) is 17.7 Å². The van der Waals surface area contributed by atoms with Gasteiger partial charge >= 0.3 is 0 Å². The first-order valence-electron chi connectivity index (χ1n) is 7.18. The second-order valence-corrected chi connectivity index (χ2v) is 5.37. The molecule has 1 rings (SSSR count). The Bertz CT molecular complexity index is 498. The van der Waals surface area contributed by atoms with Crippen molar-refractivity contribution >= 4 is 5.91 Å². The smallest absolute Gasteiger partial charge is 0.234 e. The van der Waals surface area contributed by atoms with Gasteiger partial charge in [0.05, 0.1) is 13.2 Å². The van der Waals surface area contributed by atoms with Crippen molar-refractivity contribution in [3.05, 3.63) is 35.4 Å². The van der Waals surface area contributed by atoms with E-state index in [2.05, 4.69) is 17.2 Å². The average Bonchev–Trinajstić information content (AvgIpc) is 2.39. The molecule has 4 heteroatoms. The van der Waals surface area contributed by atoms with Crippen molar-refractivity contribution in [3.8, 4) is 11.8 Å². The molecule has 0 fully saturated rings. The summed E-state index contributed by atoms with van der Waals surface area (Å²) in [6.45, 7) is 5.10. The molecule has 0 aliphatic rings. The summed E-state index contributed by atoms with van der Waals surface area (Å²) < 4.78 is 0. The van der Waals surface area contributed by atoms with Crippen LogP contribution < -0.4 is 5.32 Å². The molecule has 21 heavy (non-hydrogen) atoms. The van der Waals surface area contributed by atoms with Crippen LogP contribution in [0.25, 0.3) is 0 Å². The van der Waals surface area contributed by atoms with Gasteiger partial charge in [-0.15, -0.1) is 0 Å². The first-order chi connectivity index (χ1) is 10.0. The van der Waals surface area contributed by atoms with Gasteiger partial charge in [0.1, 0.15) is 0 Å². The second-order valence-electron chi connectivity index (χ2n) is 5.37. The van der Waals surface area contributed by atoms with E-state index in [0.29, 0.717) is 13.0 Å². The molecule has 0 spiro atoms. The van der Waals surface area contributed by atoms with E-state index in [9.17, 15) is 4.79 Å². The van der Waals surface area contributed by atoms with E-state index in [1.807, 2.05) is 50.1 Å². The number of hydrogen-bond donors (Lipinski definition) is 2. The lowest BCUT2D eigenvalue weighted by Gasteiger charge is -2.17. The Labute approximate surface area is 127 Å². The zero-order chi connectivity index (χ0) is 15.7. The summed E-state index contributed by atoms with van der Waals surface area (Å²) in [4.78, 5) is 13.6. The van der Waals surface area contributed by atoms with Gasteiger partial charge in [0, 0.05) is 24.6 Å². The molecule has 0 aliphatic carbocycles. The maximum atomic E-state index is 11.7. The van der Waals surface area contributed by atoms with E-state index < -0.39 is 0 Å². The van der Waals surface area contributed by atoms with Crippen molar-refractivity contribution in [1.29, 1.82) is 0 Å². The number of nitrogens with one attached hydrogen (secondary N) is 1. The first kappa shape index (κ1) is 17.2. The van der Waals surface area contributed by atoms with E-state index in [-0.39, 0.29) is 18.6 Å². The predicted octanol–water partition coefficient (Wildman–Crippen LogP) is 1.38. The molecule has 0 saturated heterocycles. The van der Waals surface area contributed by atoms with Crippen molar-refractivity contribution in [3.63, 3.8) is 0 Å².